The van der Waals surface area contributed by atoms with Gasteiger partial charge >= 0.3 is 6.03 Å². The second kappa shape index (κ2) is 5.41. The lowest BCUT2D eigenvalue weighted by Gasteiger charge is -2.20. The molecule has 1 aromatic carbocycles. The first-order chi connectivity index (χ1) is 7.54. The standard InChI is InChI=1S/C10H14N4OS/c1-13-10(15)14(9(11)12)6-7-3-2-4-8(16)5-7/h2-5,16H,6H2,1H3,(H3,11,12)(H,13,15). The van der Waals surface area contributed by atoms with Crippen LogP contribution in [0.15, 0.2) is 29.2 Å². The summed E-state index contributed by atoms with van der Waals surface area (Å²) in [4.78, 5) is 13.4. The highest BCUT2D eigenvalue weighted by Gasteiger charge is 2.14. The number of carbonyl (C=O) groups is 1. The Morgan fingerprint density at radius 3 is 2.81 bits per heavy atom. The Kier molecular flexibility index (Phi) is 4.19. The van der Waals surface area contributed by atoms with E-state index < -0.39 is 6.03 Å². The molecule has 6 heteroatoms. The second-order valence-corrected chi connectivity index (χ2v) is 3.71. The van der Waals surface area contributed by atoms with Crippen LogP contribution in [0.1, 0.15) is 5.56 Å². The van der Waals surface area contributed by atoms with Crippen LogP contribution in [0.3, 0.4) is 0 Å². The van der Waals surface area contributed by atoms with E-state index in [0.29, 0.717) is 0 Å². The van der Waals surface area contributed by atoms with Crippen molar-refractivity contribution in [3.8, 4) is 0 Å². The third-order valence-electron chi connectivity index (χ3n) is 2.00. The van der Waals surface area contributed by atoms with Gasteiger partial charge in [-0.3, -0.25) is 10.3 Å². The van der Waals surface area contributed by atoms with Gasteiger partial charge in [-0.15, -0.1) is 12.6 Å². The fourth-order valence-electron chi connectivity index (χ4n) is 1.24. The maximum Gasteiger partial charge on any atom is 0.324 e. The zero-order valence-electron chi connectivity index (χ0n) is 8.90. The SMILES string of the molecule is CNC(=O)N(Cc1cccc(S)c1)C(=N)N. The minimum absolute atomic E-state index is 0.253. The van der Waals surface area contributed by atoms with Crippen LogP contribution in [0.5, 0.6) is 0 Å². The van der Waals surface area contributed by atoms with E-state index in [2.05, 4.69) is 17.9 Å². The van der Waals surface area contributed by atoms with Crippen molar-refractivity contribution in [2.75, 3.05) is 7.05 Å². The van der Waals surface area contributed by atoms with Gasteiger partial charge < -0.3 is 11.1 Å². The van der Waals surface area contributed by atoms with Gasteiger partial charge in [0.2, 0.25) is 0 Å². The molecule has 0 saturated carbocycles. The van der Waals surface area contributed by atoms with Crippen LogP contribution in [0.4, 0.5) is 4.79 Å². The molecular weight excluding hydrogens is 224 g/mol. The molecule has 0 aliphatic heterocycles. The zero-order valence-corrected chi connectivity index (χ0v) is 9.79. The summed E-state index contributed by atoms with van der Waals surface area (Å²) in [5.74, 6) is -0.288. The van der Waals surface area contributed by atoms with Crippen LogP contribution in [0, 0.1) is 5.41 Å². The third kappa shape index (κ3) is 3.16. The van der Waals surface area contributed by atoms with Crippen molar-refractivity contribution < 1.29 is 4.79 Å². The Labute approximate surface area is 99.5 Å². The number of rotatable bonds is 2. The molecule has 4 N–H and O–H groups in total. The fourth-order valence-corrected chi connectivity index (χ4v) is 1.49. The van der Waals surface area contributed by atoms with Crippen molar-refractivity contribution in [1.29, 1.82) is 5.41 Å². The molecule has 1 aromatic rings. The van der Waals surface area contributed by atoms with Gasteiger partial charge in [0.1, 0.15) is 0 Å². The van der Waals surface area contributed by atoms with Gasteiger partial charge in [0.05, 0.1) is 6.54 Å². The number of hydrogen-bond donors (Lipinski definition) is 4. The van der Waals surface area contributed by atoms with Gasteiger partial charge in [-0.2, -0.15) is 0 Å². The summed E-state index contributed by atoms with van der Waals surface area (Å²) in [7, 11) is 1.49. The van der Waals surface area contributed by atoms with Gasteiger partial charge in [-0.1, -0.05) is 12.1 Å². The zero-order chi connectivity index (χ0) is 12.1. The predicted molar refractivity (Wildman–Crippen MR) is 65.6 cm³/mol. The van der Waals surface area contributed by atoms with Crippen LogP contribution < -0.4 is 11.1 Å². The molecule has 16 heavy (non-hydrogen) atoms. The molecule has 0 aliphatic carbocycles. The number of amides is 2. The van der Waals surface area contributed by atoms with Crippen molar-refractivity contribution in [1.82, 2.24) is 10.2 Å². The van der Waals surface area contributed by atoms with E-state index >= 15 is 0 Å². The summed E-state index contributed by atoms with van der Waals surface area (Å²) in [5.41, 5.74) is 6.20. The highest BCUT2D eigenvalue weighted by molar-refractivity contribution is 7.80. The van der Waals surface area contributed by atoms with Crippen molar-refractivity contribution in [3.63, 3.8) is 0 Å². The first-order valence-electron chi connectivity index (χ1n) is 4.65. The molecule has 86 valence electrons. The molecule has 0 fully saturated rings. The molecule has 5 nitrogen and oxygen atoms in total. The molecule has 1 rings (SSSR count). The smallest absolute Gasteiger partial charge is 0.324 e. The fraction of sp³-hybridized carbons (Fsp3) is 0.200. The molecule has 0 atom stereocenters. The Bertz CT molecular complexity index is 408. The Morgan fingerprint density at radius 1 is 1.62 bits per heavy atom. The van der Waals surface area contributed by atoms with Crippen LogP contribution >= 0.6 is 12.6 Å². The van der Waals surface area contributed by atoms with Gasteiger partial charge in [0.25, 0.3) is 0 Å². The predicted octanol–water partition coefficient (Wildman–Crippen LogP) is 1.01. The first-order valence-corrected chi connectivity index (χ1v) is 5.10. The quantitative estimate of drug-likeness (QED) is 0.352. The number of hydrogen-bond acceptors (Lipinski definition) is 3. The Balaban J connectivity index is 2.84. The largest absolute Gasteiger partial charge is 0.370 e. The lowest BCUT2D eigenvalue weighted by Crippen LogP contribution is -2.45. The highest BCUT2D eigenvalue weighted by Crippen LogP contribution is 2.11. The lowest BCUT2D eigenvalue weighted by atomic mass is 10.2. The number of thiol groups is 1. The molecule has 0 unspecified atom stereocenters. The van der Waals surface area contributed by atoms with E-state index in [1.807, 2.05) is 24.3 Å². The summed E-state index contributed by atoms with van der Waals surface area (Å²) in [5, 5.41) is 9.74. The van der Waals surface area contributed by atoms with E-state index in [9.17, 15) is 4.79 Å². The number of benzene rings is 1. The van der Waals surface area contributed by atoms with Crippen LogP contribution in [0.2, 0.25) is 0 Å². The van der Waals surface area contributed by atoms with Crippen molar-refractivity contribution in [2.24, 2.45) is 5.73 Å². The number of nitrogens with zero attached hydrogens (tertiary/aromatic N) is 1. The van der Waals surface area contributed by atoms with Crippen molar-refractivity contribution in [3.05, 3.63) is 29.8 Å². The van der Waals surface area contributed by atoms with Crippen LogP contribution in [-0.2, 0) is 6.54 Å². The molecule has 0 aliphatic rings. The number of guanidine groups is 1. The average Bonchev–Trinajstić information content (AvgIpc) is 2.24. The Hall–Kier alpha value is -1.69. The van der Waals surface area contributed by atoms with E-state index in [1.165, 1.54) is 7.05 Å². The summed E-state index contributed by atoms with van der Waals surface area (Å²) < 4.78 is 0. The summed E-state index contributed by atoms with van der Waals surface area (Å²) >= 11 is 4.20. The second-order valence-electron chi connectivity index (χ2n) is 3.20. The van der Waals surface area contributed by atoms with Crippen molar-refractivity contribution in [2.45, 2.75) is 11.4 Å². The lowest BCUT2D eigenvalue weighted by molar-refractivity contribution is 0.221. The maximum atomic E-state index is 11.4. The van der Waals surface area contributed by atoms with E-state index in [-0.39, 0.29) is 12.5 Å². The molecule has 0 heterocycles. The normalized spacial score (nSPS) is 9.62. The minimum Gasteiger partial charge on any atom is -0.370 e. The number of urea groups is 1. The van der Waals surface area contributed by atoms with Gasteiger partial charge in [0, 0.05) is 11.9 Å². The average molecular weight is 238 g/mol. The molecular formula is C10H14N4OS. The summed E-state index contributed by atoms with van der Waals surface area (Å²) in [6, 6.07) is 6.93. The Morgan fingerprint density at radius 2 is 2.31 bits per heavy atom. The van der Waals surface area contributed by atoms with Crippen LogP contribution in [-0.4, -0.2) is 23.9 Å². The van der Waals surface area contributed by atoms with Crippen LogP contribution in [0.25, 0.3) is 0 Å². The van der Waals surface area contributed by atoms with E-state index in [0.717, 1.165) is 15.4 Å². The molecule has 2 amide bonds. The summed E-state index contributed by atoms with van der Waals surface area (Å²) in [6.07, 6.45) is 0. The first kappa shape index (κ1) is 12.4. The third-order valence-corrected chi connectivity index (χ3v) is 2.28. The number of carbonyl (C=O) groups excluding carboxylic acids is 1. The molecule has 0 radical (unpaired) electrons. The topological polar surface area (TPSA) is 82.2 Å². The number of nitrogens with one attached hydrogen (secondary N) is 2. The van der Waals surface area contributed by atoms with Gasteiger partial charge in [0.15, 0.2) is 5.96 Å². The maximum absolute atomic E-state index is 11.4. The monoisotopic (exact) mass is 238 g/mol. The molecule has 0 aromatic heterocycles. The molecule has 0 saturated heterocycles. The molecule has 0 spiro atoms. The number of nitrogens with two attached hydrogens (primary N) is 1. The minimum atomic E-state index is -0.405. The van der Waals surface area contributed by atoms with E-state index in [4.69, 9.17) is 11.1 Å². The molecule has 0 bridgehead atoms. The van der Waals surface area contributed by atoms with Gasteiger partial charge in [-0.25, -0.2) is 4.79 Å². The highest BCUT2D eigenvalue weighted by atomic mass is 32.1. The van der Waals surface area contributed by atoms with Crippen molar-refractivity contribution >= 4 is 24.6 Å². The van der Waals surface area contributed by atoms with Gasteiger partial charge in [-0.05, 0) is 17.7 Å². The summed E-state index contributed by atoms with van der Waals surface area (Å²) in [6.45, 7) is 0.253. The van der Waals surface area contributed by atoms with E-state index in [1.54, 1.807) is 0 Å².